The van der Waals surface area contributed by atoms with Crippen LogP contribution in [0.5, 0.6) is 0 Å². The van der Waals surface area contributed by atoms with Crippen LogP contribution in [-0.2, 0) is 14.3 Å². The normalized spacial score (nSPS) is 20.3. The minimum atomic E-state index is -0.195. The van der Waals surface area contributed by atoms with Crippen molar-refractivity contribution < 1.29 is 14.3 Å². The summed E-state index contributed by atoms with van der Waals surface area (Å²) in [5.41, 5.74) is 2.00. The molecule has 0 amide bonds. The van der Waals surface area contributed by atoms with Crippen LogP contribution in [0.25, 0.3) is 0 Å². The van der Waals surface area contributed by atoms with Crippen LogP contribution < -0.4 is 0 Å². The van der Waals surface area contributed by atoms with E-state index in [9.17, 15) is 4.79 Å². The number of aldehydes is 1. The van der Waals surface area contributed by atoms with Gasteiger partial charge in [-0.1, -0.05) is 36.9 Å². The van der Waals surface area contributed by atoms with E-state index in [0.29, 0.717) is 12.8 Å². The highest BCUT2D eigenvalue weighted by molar-refractivity contribution is 5.50. The number of ether oxygens (including phenoxy) is 2. The Labute approximate surface area is 120 Å². The summed E-state index contributed by atoms with van der Waals surface area (Å²) in [4.78, 5) is 10.6. The monoisotopic (exact) mass is 274 g/mol. The van der Waals surface area contributed by atoms with Gasteiger partial charge in [-0.15, -0.1) is 0 Å². The molecule has 0 spiro atoms. The van der Waals surface area contributed by atoms with E-state index in [0.717, 1.165) is 43.3 Å². The highest BCUT2D eigenvalue weighted by Gasteiger charge is 2.22. The van der Waals surface area contributed by atoms with Gasteiger partial charge in [-0.3, -0.25) is 0 Å². The second kappa shape index (κ2) is 7.98. The molecule has 108 valence electrons. The molecule has 1 aliphatic rings. The zero-order chi connectivity index (χ0) is 14.2. The molecule has 0 aromatic heterocycles. The molecular formula is C17H22O3. The molecule has 1 fully saturated rings. The number of hydrogen-bond donors (Lipinski definition) is 0. The van der Waals surface area contributed by atoms with Gasteiger partial charge in [0.25, 0.3) is 0 Å². The molecule has 0 saturated carbocycles. The number of hydrogen-bond acceptors (Lipinski definition) is 3. The van der Waals surface area contributed by atoms with E-state index in [2.05, 4.69) is 6.58 Å². The Bertz CT molecular complexity index is 421. The topological polar surface area (TPSA) is 35.5 Å². The molecule has 1 aliphatic heterocycles. The fourth-order valence-electron chi connectivity index (χ4n) is 2.38. The highest BCUT2D eigenvalue weighted by Crippen LogP contribution is 2.31. The van der Waals surface area contributed by atoms with Gasteiger partial charge in [0.15, 0.2) is 6.29 Å². The van der Waals surface area contributed by atoms with Crippen molar-refractivity contribution in [1.29, 1.82) is 0 Å². The summed E-state index contributed by atoms with van der Waals surface area (Å²) in [6.07, 6.45) is 4.84. The van der Waals surface area contributed by atoms with Crippen LogP contribution >= 0.6 is 0 Å². The third-order valence-corrected chi connectivity index (χ3v) is 3.48. The fourth-order valence-corrected chi connectivity index (χ4v) is 2.38. The summed E-state index contributed by atoms with van der Waals surface area (Å²) in [7, 11) is 0. The average Bonchev–Trinajstić information content (AvgIpc) is 2.52. The number of benzene rings is 1. The predicted molar refractivity (Wildman–Crippen MR) is 78.3 cm³/mol. The first-order valence-electron chi connectivity index (χ1n) is 7.24. The number of carbonyl (C=O) groups is 1. The molecule has 1 heterocycles. The second-order valence-electron chi connectivity index (χ2n) is 5.09. The smallest absolute Gasteiger partial charge is 0.158 e. The van der Waals surface area contributed by atoms with Crippen molar-refractivity contribution in [1.82, 2.24) is 0 Å². The van der Waals surface area contributed by atoms with Gasteiger partial charge >= 0.3 is 0 Å². The summed E-state index contributed by atoms with van der Waals surface area (Å²) in [5.74, 6) is 0. The van der Waals surface area contributed by atoms with Crippen LogP contribution in [0.1, 0.15) is 43.8 Å². The molecule has 0 radical (unpaired) electrons. The lowest BCUT2D eigenvalue weighted by atomic mass is 9.99. The molecule has 0 bridgehead atoms. The van der Waals surface area contributed by atoms with E-state index < -0.39 is 0 Å². The Balaban J connectivity index is 2.06. The quantitative estimate of drug-likeness (QED) is 0.560. The minimum Gasteiger partial charge on any atom is -0.353 e. The van der Waals surface area contributed by atoms with Crippen molar-refractivity contribution >= 4 is 6.29 Å². The van der Waals surface area contributed by atoms with Gasteiger partial charge in [-0.05, 0) is 36.8 Å². The summed E-state index contributed by atoms with van der Waals surface area (Å²) >= 11 is 0. The van der Waals surface area contributed by atoms with Crippen molar-refractivity contribution in [3.05, 3.63) is 48.0 Å². The molecule has 20 heavy (non-hydrogen) atoms. The Kier molecular flexibility index (Phi) is 5.96. The molecule has 2 rings (SSSR count). The molecule has 0 N–H and O–H groups in total. The first-order valence-corrected chi connectivity index (χ1v) is 7.24. The van der Waals surface area contributed by atoms with E-state index in [1.54, 1.807) is 0 Å². The lowest BCUT2D eigenvalue weighted by molar-refractivity contribution is -0.182. The van der Waals surface area contributed by atoms with Gasteiger partial charge in [-0.25, -0.2) is 0 Å². The van der Waals surface area contributed by atoms with Gasteiger partial charge in [0.2, 0.25) is 0 Å². The van der Waals surface area contributed by atoms with Crippen molar-refractivity contribution in [3.63, 3.8) is 0 Å². The maximum atomic E-state index is 10.6. The summed E-state index contributed by atoms with van der Waals surface area (Å²) < 4.78 is 11.8. The molecular weight excluding hydrogens is 252 g/mol. The lowest BCUT2D eigenvalue weighted by Crippen LogP contribution is -2.25. The predicted octanol–water partition coefficient (Wildman–Crippen LogP) is 3.81. The molecule has 2 unspecified atom stereocenters. The van der Waals surface area contributed by atoms with Crippen LogP contribution in [0.2, 0.25) is 0 Å². The summed E-state index contributed by atoms with van der Waals surface area (Å²) in [5, 5.41) is 0. The zero-order valence-corrected chi connectivity index (χ0v) is 11.8. The minimum absolute atomic E-state index is 0.165. The maximum absolute atomic E-state index is 10.6. The first kappa shape index (κ1) is 14.9. The van der Waals surface area contributed by atoms with Crippen LogP contribution in [0.4, 0.5) is 0 Å². The molecule has 3 nitrogen and oxygen atoms in total. The van der Waals surface area contributed by atoms with E-state index >= 15 is 0 Å². The second-order valence-corrected chi connectivity index (χ2v) is 5.09. The van der Waals surface area contributed by atoms with Crippen LogP contribution in [-0.4, -0.2) is 19.2 Å². The van der Waals surface area contributed by atoms with Crippen molar-refractivity contribution in [2.24, 2.45) is 0 Å². The Hall–Kier alpha value is -1.45. The highest BCUT2D eigenvalue weighted by atomic mass is 16.7. The van der Waals surface area contributed by atoms with E-state index in [1.807, 2.05) is 30.3 Å². The number of carbonyl (C=O) groups excluding carboxylic acids is 1. The Morgan fingerprint density at radius 2 is 2.20 bits per heavy atom. The van der Waals surface area contributed by atoms with Crippen molar-refractivity contribution in [2.45, 2.75) is 44.5 Å². The first-order chi connectivity index (χ1) is 9.81. The van der Waals surface area contributed by atoms with Gasteiger partial charge in [0.05, 0.1) is 0 Å². The lowest BCUT2D eigenvalue weighted by Gasteiger charge is -2.29. The number of rotatable bonds is 7. The van der Waals surface area contributed by atoms with Crippen LogP contribution in [0, 0.1) is 0 Å². The van der Waals surface area contributed by atoms with Gasteiger partial charge in [-0.2, -0.15) is 0 Å². The van der Waals surface area contributed by atoms with Crippen molar-refractivity contribution in [3.8, 4) is 0 Å². The van der Waals surface area contributed by atoms with Crippen molar-refractivity contribution in [2.75, 3.05) is 6.61 Å². The molecule has 0 aliphatic carbocycles. The van der Waals surface area contributed by atoms with E-state index in [1.165, 1.54) is 0 Å². The molecule has 1 aromatic rings. The molecule has 3 heteroatoms. The zero-order valence-electron chi connectivity index (χ0n) is 11.8. The summed E-state index contributed by atoms with van der Waals surface area (Å²) in [6.45, 7) is 4.85. The van der Waals surface area contributed by atoms with Gasteiger partial charge < -0.3 is 14.3 Å². The fraction of sp³-hybridized carbons (Fsp3) is 0.471. The third kappa shape index (κ3) is 4.29. The summed E-state index contributed by atoms with van der Waals surface area (Å²) in [6, 6.07) is 10.0. The Morgan fingerprint density at radius 3 is 2.85 bits per heavy atom. The van der Waals surface area contributed by atoms with E-state index in [4.69, 9.17) is 9.47 Å². The van der Waals surface area contributed by atoms with E-state index in [-0.39, 0.29) is 12.4 Å². The molecule has 1 aromatic carbocycles. The average molecular weight is 274 g/mol. The SMILES string of the molecule is C=C(CCC=O)C(OC1CCCCO1)c1ccccc1. The van der Waals surface area contributed by atoms with Crippen LogP contribution in [0.3, 0.4) is 0 Å². The molecule has 2 atom stereocenters. The maximum Gasteiger partial charge on any atom is 0.158 e. The van der Waals surface area contributed by atoms with Gasteiger partial charge in [0.1, 0.15) is 12.4 Å². The van der Waals surface area contributed by atoms with Gasteiger partial charge in [0, 0.05) is 13.0 Å². The third-order valence-electron chi connectivity index (χ3n) is 3.48. The largest absolute Gasteiger partial charge is 0.353 e. The molecule has 1 saturated heterocycles. The standard InChI is InChI=1S/C17H22O3/c1-14(8-7-12-18)17(15-9-3-2-4-10-15)20-16-11-5-6-13-19-16/h2-4,9-10,12,16-17H,1,5-8,11,13H2. The Morgan fingerprint density at radius 1 is 1.40 bits per heavy atom. The van der Waals surface area contributed by atoms with Crippen LogP contribution in [0.15, 0.2) is 42.5 Å².